The van der Waals surface area contributed by atoms with E-state index in [2.05, 4.69) is 0 Å². The highest BCUT2D eigenvalue weighted by atomic mass is 35.5. The Balaban J connectivity index is 1.57. The number of amides is 1. The average Bonchev–Trinajstić information content (AvgIpc) is 3.09. The van der Waals surface area contributed by atoms with Gasteiger partial charge in [-0.05, 0) is 60.9 Å². The molecule has 0 atom stereocenters. The first-order chi connectivity index (χ1) is 13.3. The standard InChI is InChI=1S/C20H23ClN2O4S/c1-22(2)28(25,26)18-9-10-19-15(14-18)11-12-23(19)20(24)4-3-13-27-17-7-5-16(21)6-8-17/h5-10,14H,3-4,11-13H2,1-2H3. The van der Waals surface area contributed by atoms with Gasteiger partial charge in [0.2, 0.25) is 15.9 Å². The van der Waals surface area contributed by atoms with E-state index in [-0.39, 0.29) is 10.8 Å². The molecule has 0 aliphatic carbocycles. The average molecular weight is 423 g/mol. The lowest BCUT2D eigenvalue weighted by atomic mass is 10.2. The van der Waals surface area contributed by atoms with Crippen molar-refractivity contribution < 1.29 is 17.9 Å². The maximum absolute atomic E-state index is 12.6. The Morgan fingerprint density at radius 1 is 1.18 bits per heavy atom. The monoisotopic (exact) mass is 422 g/mol. The molecule has 0 N–H and O–H groups in total. The predicted octanol–water partition coefficient (Wildman–Crippen LogP) is 3.34. The van der Waals surface area contributed by atoms with E-state index < -0.39 is 10.0 Å². The lowest BCUT2D eigenvalue weighted by Gasteiger charge is -2.18. The first kappa shape index (κ1) is 20.6. The highest BCUT2D eigenvalue weighted by Crippen LogP contribution is 2.31. The number of carbonyl (C=O) groups excluding carboxylic acids is 1. The van der Waals surface area contributed by atoms with Gasteiger partial charge in [0.25, 0.3) is 0 Å². The van der Waals surface area contributed by atoms with Gasteiger partial charge in [-0.1, -0.05) is 11.6 Å². The molecule has 0 bridgehead atoms. The topological polar surface area (TPSA) is 66.9 Å². The highest BCUT2D eigenvalue weighted by Gasteiger charge is 2.27. The second-order valence-electron chi connectivity index (χ2n) is 6.78. The molecule has 3 rings (SSSR count). The van der Waals surface area contributed by atoms with Crippen LogP contribution in [0.5, 0.6) is 5.75 Å². The van der Waals surface area contributed by atoms with Crippen LogP contribution in [0.4, 0.5) is 5.69 Å². The third kappa shape index (κ3) is 4.48. The van der Waals surface area contributed by atoms with Gasteiger partial charge < -0.3 is 9.64 Å². The SMILES string of the molecule is CN(C)S(=O)(=O)c1ccc2c(c1)CCN2C(=O)CCCOc1ccc(Cl)cc1. The van der Waals surface area contributed by atoms with Crippen molar-refractivity contribution in [2.24, 2.45) is 0 Å². The second-order valence-corrected chi connectivity index (χ2v) is 9.37. The summed E-state index contributed by atoms with van der Waals surface area (Å²) >= 11 is 5.84. The number of anilines is 1. The van der Waals surface area contributed by atoms with Crippen molar-refractivity contribution in [3.05, 3.63) is 53.1 Å². The quantitative estimate of drug-likeness (QED) is 0.642. The molecule has 0 fully saturated rings. The Morgan fingerprint density at radius 3 is 2.57 bits per heavy atom. The third-order valence-electron chi connectivity index (χ3n) is 4.64. The van der Waals surface area contributed by atoms with Crippen LogP contribution in [0.3, 0.4) is 0 Å². The number of benzene rings is 2. The molecule has 2 aromatic carbocycles. The summed E-state index contributed by atoms with van der Waals surface area (Å²) < 4.78 is 31.4. The summed E-state index contributed by atoms with van der Waals surface area (Å²) in [5.74, 6) is 0.736. The van der Waals surface area contributed by atoms with Gasteiger partial charge in [0.05, 0.1) is 11.5 Å². The minimum atomic E-state index is -3.48. The van der Waals surface area contributed by atoms with Gasteiger partial charge >= 0.3 is 0 Å². The molecule has 150 valence electrons. The third-order valence-corrected chi connectivity index (χ3v) is 6.71. The number of fused-ring (bicyclic) bond motifs is 1. The van der Waals surface area contributed by atoms with Crippen molar-refractivity contribution >= 4 is 33.2 Å². The van der Waals surface area contributed by atoms with Gasteiger partial charge in [-0.3, -0.25) is 4.79 Å². The Morgan fingerprint density at radius 2 is 1.89 bits per heavy atom. The van der Waals surface area contributed by atoms with E-state index in [0.29, 0.717) is 37.4 Å². The van der Waals surface area contributed by atoms with Crippen molar-refractivity contribution in [2.45, 2.75) is 24.2 Å². The van der Waals surface area contributed by atoms with Crippen molar-refractivity contribution in [1.82, 2.24) is 4.31 Å². The lowest BCUT2D eigenvalue weighted by Crippen LogP contribution is -2.29. The molecule has 2 aromatic rings. The van der Waals surface area contributed by atoms with E-state index >= 15 is 0 Å². The molecule has 0 aromatic heterocycles. The van der Waals surface area contributed by atoms with Gasteiger partial charge in [0, 0.05) is 37.8 Å². The van der Waals surface area contributed by atoms with Gasteiger partial charge in [0.1, 0.15) is 5.75 Å². The largest absolute Gasteiger partial charge is 0.494 e. The fourth-order valence-electron chi connectivity index (χ4n) is 3.09. The first-order valence-electron chi connectivity index (χ1n) is 9.03. The maximum Gasteiger partial charge on any atom is 0.242 e. The summed E-state index contributed by atoms with van der Waals surface area (Å²) in [5, 5.41) is 0.650. The molecule has 0 unspecified atom stereocenters. The van der Waals surface area contributed by atoms with Crippen LogP contribution in [-0.2, 0) is 21.2 Å². The number of hydrogen-bond donors (Lipinski definition) is 0. The fraction of sp³-hybridized carbons (Fsp3) is 0.350. The van der Waals surface area contributed by atoms with E-state index in [1.807, 2.05) is 0 Å². The molecule has 8 heteroatoms. The van der Waals surface area contributed by atoms with Crippen LogP contribution >= 0.6 is 11.6 Å². The van der Waals surface area contributed by atoms with E-state index in [1.165, 1.54) is 18.4 Å². The molecule has 1 aliphatic rings. The molecule has 0 saturated heterocycles. The van der Waals surface area contributed by atoms with Gasteiger partial charge in [-0.15, -0.1) is 0 Å². The number of carbonyl (C=O) groups is 1. The summed E-state index contributed by atoms with van der Waals surface area (Å²) in [6.45, 7) is 1.01. The smallest absolute Gasteiger partial charge is 0.242 e. The van der Waals surface area contributed by atoms with Crippen LogP contribution in [0.1, 0.15) is 18.4 Å². The van der Waals surface area contributed by atoms with E-state index in [0.717, 1.165) is 17.0 Å². The number of ether oxygens (including phenoxy) is 1. The normalized spacial score (nSPS) is 13.6. The molecule has 0 saturated carbocycles. The van der Waals surface area contributed by atoms with Crippen LogP contribution in [-0.4, -0.2) is 45.9 Å². The minimum absolute atomic E-state index is 0.0154. The summed E-state index contributed by atoms with van der Waals surface area (Å²) in [5.41, 5.74) is 1.68. The van der Waals surface area contributed by atoms with Crippen LogP contribution in [0.2, 0.25) is 5.02 Å². The maximum atomic E-state index is 12.6. The molecule has 1 amide bonds. The van der Waals surface area contributed by atoms with E-state index in [9.17, 15) is 13.2 Å². The molecular weight excluding hydrogens is 400 g/mol. The van der Waals surface area contributed by atoms with E-state index in [4.69, 9.17) is 16.3 Å². The van der Waals surface area contributed by atoms with Crippen LogP contribution < -0.4 is 9.64 Å². The molecule has 1 heterocycles. The number of rotatable bonds is 7. The Kier molecular flexibility index (Phi) is 6.27. The predicted molar refractivity (Wildman–Crippen MR) is 110 cm³/mol. The fourth-order valence-corrected chi connectivity index (χ4v) is 4.17. The minimum Gasteiger partial charge on any atom is -0.494 e. The Bertz CT molecular complexity index is 959. The molecule has 1 aliphatic heterocycles. The highest BCUT2D eigenvalue weighted by molar-refractivity contribution is 7.89. The van der Waals surface area contributed by atoms with Crippen LogP contribution in [0, 0.1) is 0 Å². The van der Waals surface area contributed by atoms with Crippen LogP contribution in [0.15, 0.2) is 47.4 Å². The van der Waals surface area contributed by atoms with Crippen molar-refractivity contribution in [3.63, 3.8) is 0 Å². The Labute approximate surface area is 170 Å². The molecule has 6 nitrogen and oxygen atoms in total. The van der Waals surface area contributed by atoms with Gasteiger partial charge in [-0.2, -0.15) is 0 Å². The second kappa shape index (κ2) is 8.51. The summed E-state index contributed by atoms with van der Waals surface area (Å²) in [6.07, 6.45) is 1.62. The number of hydrogen-bond acceptors (Lipinski definition) is 4. The number of sulfonamides is 1. The summed E-state index contributed by atoms with van der Waals surface area (Å²) in [7, 11) is -0.469. The van der Waals surface area contributed by atoms with Crippen molar-refractivity contribution in [1.29, 1.82) is 0 Å². The zero-order valence-corrected chi connectivity index (χ0v) is 17.5. The van der Waals surface area contributed by atoms with Crippen molar-refractivity contribution in [3.8, 4) is 5.75 Å². The van der Waals surface area contributed by atoms with Crippen LogP contribution in [0.25, 0.3) is 0 Å². The number of nitrogens with zero attached hydrogens (tertiary/aromatic N) is 2. The zero-order valence-electron chi connectivity index (χ0n) is 15.9. The summed E-state index contributed by atoms with van der Waals surface area (Å²) in [4.78, 5) is 14.6. The molecule has 28 heavy (non-hydrogen) atoms. The zero-order chi connectivity index (χ0) is 20.3. The van der Waals surface area contributed by atoms with Gasteiger partial charge in [-0.25, -0.2) is 12.7 Å². The molecule has 0 spiro atoms. The van der Waals surface area contributed by atoms with Gasteiger partial charge in [0.15, 0.2) is 0 Å². The van der Waals surface area contributed by atoms with Crippen molar-refractivity contribution in [2.75, 3.05) is 32.1 Å². The van der Waals surface area contributed by atoms with E-state index in [1.54, 1.807) is 47.4 Å². The first-order valence-corrected chi connectivity index (χ1v) is 10.8. The number of halogens is 1. The molecule has 0 radical (unpaired) electrons. The molecular formula is C20H23ClN2O4S. The summed E-state index contributed by atoms with van der Waals surface area (Å²) in [6, 6.07) is 12.0. The lowest BCUT2D eigenvalue weighted by molar-refractivity contribution is -0.118. The Hall–Kier alpha value is -2.09.